The smallest absolute Gasteiger partial charge is 0.220 e. The third-order valence-corrected chi connectivity index (χ3v) is 14.1. The highest BCUT2D eigenvalue weighted by Crippen LogP contribution is 2.30. The largest absolute Gasteiger partial charge is 0.394 e. The second kappa shape index (κ2) is 40.6. The van der Waals surface area contributed by atoms with Gasteiger partial charge in [0.25, 0.3) is 0 Å². The molecule has 2 fully saturated rings. The summed E-state index contributed by atoms with van der Waals surface area (Å²) in [7, 11) is 0. The number of carbonyl (C=O) groups is 1. The van der Waals surface area contributed by atoms with Crippen LogP contribution in [0.2, 0.25) is 0 Å². The van der Waals surface area contributed by atoms with E-state index < -0.39 is 86.8 Å². The molecular formula is C53H103NO13. The summed E-state index contributed by atoms with van der Waals surface area (Å²) in [5, 5.41) is 87.0. The average molecular weight is 962 g/mol. The molecule has 2 saturated heterocycles. The van der Waals surface area contributed by atoms with Crippen LogP contribution in [0.5, 0.6) is 0 Å². The fourth-order valence-corrected chi connectivity index (χ4v) is 9.53. The van der Waals surface area contributed by atoms with Gasteiger partial charge in [-0.05, 0) is 12.8 Å². The van der Waals surface area contributed by atoms with Gasteiger partial charge in [0.15, 0.2) is 12.6 Å². The van der Waals surface area contributed by atoms with Gasteiger partial charge in [-0.15, -0.1) is 0 Å². The van der Waals surface area contributed by atoms with E-state index in [1.807, 2.05) is 0 Å². The zero-order chi connectivity index (χ0) is 48.9. The number of ether oxygens (including phenoxy) is 4. The van der Waals surface area contributed by atoms with E-state index in [0.717, 1.165) is 51.4 Å². The Morgan fingerprint density at radius 1 is 0.478 bits per heavy atom. The first-order valence-electron chi connectivity index (χ1n) is 27.8. The highest BCUT2D eigenvalue weighted by Gasteiger charge is 2.51. The lowest BCUT2D eigenvalue weighted by atomic mass is 9.97. The number of hydrogen-bond acceptors (Lipinski definition) is 13. The fraction of sp³-hybridized carbons (Fsp3) is 0.981. The number of rotatable bonds is 44. The maximum Gasteiger partial charge on any atom is 0.220 e. The maximum absolute atomic E-state index is 13.2. The van der Waals surface area contributed by atoms with Gasteiger partial charge in [0.05, 0.1) is 32.0 Å². The van der Waals surface area contributed by atoms with Crippen molar-refractivity contribution in [3.63, 3.8) is 0 Å². The Labute approximate surface area is 406 Å². The fourth-order valence-electron chi connectivity index (χ4n) is 9.53. The van der Waals surface area contributed by atoms with Crippen LogP contribution in [0, 0.1) is 0 Å². The number of amides is 1. The molecule has 0 saturated carbocycles. The molecule has 0 radical (unpaired) electrons. The van der Waals surface area contributed by atoms with Crippen LogP contribution in [0.25, 0.3) is 0 Å². The number of aliphatic hydroxyl groups is 8. The molecule has 0 aromatic heterocycles. The first kappa shape index (κ1) is 62.1. The van der Waals surface area contributed by atoms with Crippen LogP contribution in [0.3, 0.4) is 0 Å². The lowest BCUT2D eigenvalue weighted by Crippen LogP contribution is -2.65. The molecular weight excluding hydrogens is 859 g/mol. The van der Waals surface area contributed by atoms with E-state index in [1.165, 1.54) is 161 Å². The zero-order valence-electron chi connectivity index (χ0n) is 42.4. The second-order valence-electron chi connectivity index (χ2n) is 20.1. The average Bonchev–Trinajstić information content (AvgIpc) is 3.32. The van der Waals surface area contributed by atoms with Crippen molar-refractivity contribution in [3.8, 4) is 0 Å². The SMILES string of the molecule is CCCCCCCCCCCCCCCCCCCCCC(=O)NC(COC1OC(CO)C(OC2OC(CO)C(O)C(O)C2O)C(O)C1O)C(O)CCCCCCCCCCCCCCCC. The normalized spacial score (nSPS) is 26.5. The molecule has 2 rings (SSSR count). The Hall–Kier alpha value is -1.01. The van der Waals surface area contributed by atoms with Crippen LogP contribution in [0.15, 0.2) is 0 Å². The van der Waals surface area contributed by atoms with Crippen molar-refractivity contribution in [2.24, 2.45) is 0 Å². The third kappa shape index (κ3) is 27.4. The summed E-state index contributed by atoms with van der Waals surface area (Å²) in [5.41, 5.74) is 0. The Morgan fingerprint density at radius 2 is 0.851 bits per heavy atom. The van der Waals surface area contributed by atoms with Gasteiger partial charge < -0.3 is 65.1 Å². The molecule has 0 spiro atoms. The summed E-state index contributed by atoms with van der Waals surface area (Å²) in [6.45, 7) is 2.88. The van der Waals surface area contributed by atoms with E-state index in [-0.39, 0.29) is 12.5 Å². The summed E-state index contributed by atoms with van der Waals surface area (Å²) in [6, 6.07) is -0.821. The van der Waals surface area contributed by atoms with Crippen molar-refractivity contribution >= 4 is 5.91 Å². The van der Waals surface area contributed by atoms with Gasteiger partial charge in [-0.25, -0.2) is 0 Å². The van der Waals surface area contributed by atoms with E-state index >= 15 is 0 Å². The van der Waals surface area contributed by atoms with E-state index in [1.54, 1.807) is 0 Å². The standard InChI is InChI=1S/C53H103NO13/c1-3-5-7-9-11-13-15-17-19-20-21-22-23-25-27-29-31-33-35-37-45(58)54-41(42(57)36-34-32-30-28-26-24-18-16-14-12-10-8-6-4-2)40-64-52-50(63)48(61)51(44(39-56)66-52)67-53-49(62)47(60)46(59)43(38-55)65-53/h41-44,46-53,55-57,59-63H,3-40H2,1-2H3,(H,54,58). The van der Waals surface area contributed by atoms with Gasteiger partial charge in [-0.2, -0.15) is 0 Å². The monoisotopic (exact) mass is 962 g/mol. The third-order valence-electron chi connectivity index (χ3n) is 14.1. The van der Waals surface area contributed by atoms with E-state index in [0.29, 0.717) is 12.8 Å². The Morgan fingerprint density at radius 3 is 1.27 bits per heavy atom. The summed E-state index contributed by atoms with van der Waals surface area (Å²) in [6.07, 6.45) is 25.3. The molecule has 14 heteroatoms. The van der Waals surface area contributed by atoms with Crippen LogP contribution in [0.1, 0.15) is 239 Å². The number of aliphatic hydroxyl groups excluding tert-OH is 8. The lowest BCUT2D eigenvalue weighted by molar-refractivity contribution is -0.359. The molecule has 12 unspecified atom stereocenters. The van der Waals surface area contributed by atoms with Gasteiger partial charge in [0.2, 0.25) is 5.91 Å². The highest BCUT2D eigenvalue weighted by molar-refractivity contribution is 5.76. The second-order valence-corrected chi connectivity index (χ2v) is 20.1. The quantitative estimate of drug-likeness (QED) is 0.0263. The van der Waals surface area contributed by atoms with E-state index in [9.17, 15) is 45.6 Å². The summed E-state index contributed by atoms with van der Waals surface area (Å²) in [4.78, 5) is 13.2. The molecule has 0 bridgehead atoms. The molecule has 9 N–H and O–H groups in total. The minimum atomic E-state index is -1.78. The van der Waals surface area contributed by atoms with Gasteiger partial charge in [-0.1, -0.05) is 219 Å². The zero-order valence-corrected chi connectivity index (χ0v) is 42.4. The van der Waals surface area contributed by atoms with Crippen LogP contribution in [-0.4, -0.2) is 140 Å². The number of unbranched alkanes of at least 4 members (excludes halogenated alkanes) is 31. The molecule has 2 aliphatic heterocycles. The molecule has 0 aromatic carbocycles. The van der Waals surface area contributed by atoms with Crippen LogP contribution >= 0.6 is 0 Å². The van der Waals surface area contributed by atoms with E-state index in [2.05, 4.69) is 19.2 Å². The maximum atomic E-state index is 13.2. The summed E-state index contributed by atoms with van der Waals surface area (Å²) >= 11 is 0. The summed E-state index contributed by atoms with van der Waals surface area (Å²) in [5.74, 6) is -0.202. The van der Waals surface area contributed by atoms with Crippen molar-refractivity contribution in [1.82, 2.24) is 5.32 Å². The number of nitrogens with one attached hydrogen (secondary N) is 1. The van der Waals surface area contributed by atoms with Crippen LogP contribution in [0.4, 0.5) is 0 Å². The molecule has 14 nitrogen and oxygen atoms in total. The van der Waals surface area contributed by atoms with Gasteiger partial charge in [0, 0.05) is 6.42 Å². The van der Waals surface area contributed by atoms with Gasteiger partial charge in [-0.3, -0.25) is 4.79 Å². The Kier molecular flexibility index (Phi) is 37.6. The Balaban J connectivity index is 1.78. The molecule has 2 heterocycles. The molecule has 0 aliphatic carbocycles. The van der Waals surface area contributed by atoms with E-state index in [4.69, 9.17) is 18.9 Å². The first-order valence-corrected chi connectivity index (χ1v) is 27.8. The summed E-state index contributed by atoms with van der Waals surface area (Å²) < 4.78 is 22.8. The van der Waals surface area contributed by atoms with Crippen molar-refractivity contribution in [1.29, 1.82) is 0 Å². The first-order chi connectivity index (χ1) is 32.6. The van der Waals surface area contributed by atoms with Crippen molar-refractivity contribution in [2.45, 2.75) is 312 Å². The van der Waals surface area contributed by atoms with Crippen molar-refractivity contribution in [3.05, 3.63) is 0 Å². The number of hydrogen-bond donors (Lipinski definition) is 9. The molecule has 1 amide bonds. The van der Waals surface area contributed by atoms with Crippen LogP contribution < -0.4 is 5.32 Å². The number of carbonyl (C=O) groups excluding carboxylic acids is 1. The molecule has 2 aliphatic rings. The van der Waals surface area contributed by atoms with Crippen molar-refractivity contribution < 1.29 is 64.6 Å². The van der Waals surface area contributed by atoms with Gasteiger partial charge >= 0.3 is 0 Å². The topological polar surface area (TPSA) is 228 Å². The molecule has 12 atom stereocenters. The molecule has 67 heavy (non-hydrogen) atoms. The molecule has 398 valence electrons. The predicted molar refractivity (Wildman–Crippen MR) is 263 cm³/mol. The minimum Gasteiger partial charge on any atom is -0.394 e. The van der Waals surface area contributed by atoms with Crippen molar-refractivity contribution in [2.75, 3.05) is 19.8 Å². The Bertz CT molecular complexity index is 1140. The van der Waals surface area contributed by atoms with Crippen LogP contribution in [-0.2, 0) is 23.7 Å². The minimum absolute atomic E-state index is 0.202. The highest BCUT2D eigenvalue weighted by atomic mass is 16.7. The van der Waals surface area contributed by atoms with Gasteiger partial charge in [0.1, 0.15) is 48.8 Å². The molecule has 0 aromatic rings. The predicted octanol–water partition coefficient (Wildman–Crippen LogP) is 8.17. The lowest BCUT2D eigenvalue weighted by Gasteiger charge is -2.46.